The Hall–Kier alpha value is -2.11. The first-order valence-corrected chi connectivity index (χ1v) is 8.16. The van der Waals surface area contributed by atoms with Crippen LogP contribution in [0.15, 0.2) is 59.1 Å². The molecule has 0 saturated carbocycles. The molecule has 6 heteroatoms. The first kappa shape index (κ1) is 15.8. The van der Waals surface area contributed by atoms with Gasteiger partial charge in [-0.1, -0.05) is 33.6 Å². The molecule has 0 unspecified atom stereocenters. The van der Waals surface area contributed by atoms with E-state index in [0.29, 0.717) is 10.8 Å². The van der Waals surface area contributed by atoms with Gasteiger partial charge in [0.15, 0.2) is 0 Å². The van der Waals surface area contributed by atoms with E-state index >= 15 is 0 Å². The van der Waals surface area contributed by atoms with Crippen molar-refractivity contribution in [1.29, 1.82) is 0 Å². The van der Waals surface area contributed by atoms with Crippen LogP contribution < -0.4 is 10.6 Å². The Kier molecular flexibility index (Phi) is 4.79. The van der Waals surface area contributed by atoms with Crippen molar-refractivity contribution in [1.82, 2.24) is 9.97 Å². The van der Waals surface area contributed by atoms with Gasteiger partial charge in [-0.05, 0) is 49.4 Å². The Morgan fingerprint density at radius 1 is 0.870 bits per heavy atom. The summed E-state index contributed by atoms with van der Waals surface area (Å²) in [5.74, 6) is 2.13. The summed E-state index contributed by atoms with van der Waals surface area (Å²) in [6, 6.07) is 17.2. The fourth-order valence-electron chi connectivity index (χ4n) is 2.09. The summed E-state index contributed by atoms with van der Waals surface area (Å²) in [6.07, 6.45) is 0. The molecular formula is C17H14BrClN4. The molecule has 0 aliphatic heterocycles. The molecule has 0 radical (unpaired) electrons. The van der Waals surface area contributed by atoms with Crippen LogP contribution >= 0.6 is 27.5 Å². The van der Waals surface area contributed by atoms with Crippen LogP contribution in [0.5, 0.6) is 0 Å². The number of anilines is 4. The maximum Gasteiger partial charge on any atom is 0.136 e. The van der Waals surface area contributed by atoms with Crippen molar-refractivity contribution < 1.29 is 0 Å². The Balaban J connectivity index is 1.82. The minimum atomic E-state index is 0.682. The molecule has 0 atom stereocenters. The van der Waals surface area contributed by atoms with Crippen molar-refractivity contribution in [2.24, 2.45) is 0 Å². The average Bonchev–Trinajstić information content (AvgIpc) is 2.49. The smallest absolute Gasteiger partial charge is 0.136 e. The molecule has 0 aliphatic carbocycles. The highest BCUT2D eigenvalue weighted by molar-refractivity contribution is 9.10. The van der Waals surface area contributed by atoms with Gasteiger partial charge in [0.1, 0.15) is 17.5 Å². The minimum Gasteiger partial charge on any atom is -0.340 e. The van der Waals surface area contributed by atoms with Crippen molar-refractivity contribution in [2.45, 2.75) is 6.92 Å². The summed E-state index contributed by atoms with van der Waals surface area (Å²) in [4.78, 5) is 8.82. The molecule has 2 aromatic carbocycles. The van der Waals surface area contributed by atoms with E-state index in [-0.39, 0.29) is 0 Å². The van der Waals surface area contributed by atoms with Gasteiger partial charge in [0.2, 0.25) is 0 Å². The highest BCUT2D eigenvalue weighted by Crippen LogP contribution is 2.23. The molecule has 0 fully saturated rings. The Bertz CT molecular complexity index is 821. The van der Waals surface area contributed by atoms with Gasteiger partial charge in [-0.3, -0.25) is 0 Å². The second-order valence-corrected chi connectivity index (χ2v) is 6.30. The van der Waals surface area contributed by atoms with E-state index in [1.807, 2.05) is 61.5 Å². The number of nitrogens with one attached hydrogen (secondary N) is 2. The topological polar surface area (TPSA) is 49.8 Å². The lowest BCUT2D eigenvalue weighted by atomic mass is 10.3. The number of nitrogens with zero attached hydrogens (tertiary/aromatic N) is 2. The lowest BCUT2D eigenvalue weighted by Crippen LogP contribution is -2.01. The van der Waals surface area contributed by atoms with E-state index < -0.39 is 0 Å². The Morgan fingerprint density at radius 2 is 1.52 bits per heavy atom. The fraction of sp³-hybridized carbons (Fsp3) is 0.0588. The number of benzene rings is 2. The summed E-state index contributed by atoms with van der Waals surface area (Å²) >= 11 is 9.36. The van der Waals surface area contributed by atoms with Gasteiger partial charge < -0.3 is 10.6 Å². The summed E-state index contributed by atoms with van der Waals surface area (Å²) in [5.41, 5.74) is 1.87. The Morgan fingerprint density at radius 3 is 2.17 bits per heavy atom. The number of hydrogen-bond acceptors (Lipinski definition) is 4. The molecule has 23 heavy (non-hydrogen) atoms. The fourth-order valence-corrected chi connectivity index (χ4v) is 2.62. The molecule has 3 rings (SSSR count). The molecule has 0 spiro atoms. The molecule has 1 heterocycles. The van der Waals surface area contributed by atoms with E-state index in [0.717, 1.165) is 27.5 Å². The van der Waals surface area contributed by atoms with Gasteiger partial charge in [-0.15, -0.1) is 0 Å². The van der Waals surface area contributed by atoms with Crippen LogP contribution in [-0.2, 0) is 0 Å². The van der Waals surface area contributed by atoms with Crippen LogP contribution in [0, 0.1) is 6.92 Å². The van der Waals surface area contributed by atoms with E-state index in [1.54, 1.807) is 0 Å². The standard InChI is InChI=1S/C17H14BrClN4/c1-11-20-16(22-14-7-5-13(19)6-8-14)10-17(21-11)23-15-4-2-3-12(18)9-15/h2-10H,1H3,(H2,20,21,22,23). The van der Waals surface area contributed by atoms with Gasteiger partial charge in [-0.25, -0.2) is 9.97 Å². The first-order valence-electron chi connectivity index (χ1n) is 6.99. The van der Waals surface area contributed by atoms with E-state index in [4.69, 9.17) is 11.6 Å². The molecule has 4 nitrogen and oxygen atoms in total. The summed E-state index contributed by atoms with van der Waals surface area (Å²) < 4.78 is 1.01. The molecule has 0 saturated heterocycles. The van der Waals surface area contributed by atoms with Gasteiger partial charge in [-0.2, -0.15) is 0 Å². The predicted molar refractivity (Wildman–Crippen MR) is 98.9 cm³/mol. The van der Waals surface area contributed by atoms with Crippen molar-refractivity contribution in [2.75, 3.05) is 10.6 Å². The van der Waals surface area contributed by atoms with Crippen LogP contribution in [0.3, 0.4) is 0 Å². The number of aryl methyl sites for hydroxylation is 1. The molecule has 0 aliphatic rings. The number of aromatic nitrogens is 2. The molecule has 0 amide bonds. The van der Waals surface area contributed by atoms with E-state index in [2.05, 4.69) is 36.5 Å². The molecular weight excluding hydrogens is 376 g/mol. The maximum atomic E-state index is 5.90. The Labute approximate surface area is 148 Å². The minimum absolute atomic E-state index is 0.682. The van der Waals surface area contributed by atoms with Gasteiger partial charge in [0.25, 0.3) is 0 Å². The van der Waals surface area contributed by atoms with Crippen molar-refractivity contribution in [3.63, 3.8) is 0 Å². The first-order chi connectivity index (χ1) is 11.1. The third kappa shape index (κ3) is 4.43. The van der Waals surface area contributed by atoms with E-state index in [1.165, 1.54) is 0 Å². The van der Waals surface area contributed by atoms with Crippen LogP contribution in [0.25, 0.3) is 0 Å². The number of halogens is 2. The highest BCUT2D eigenvalue weighted by atomic mass is 79.9. The van der Waals surface area contributed by atoms with Crippen molar-refractivity contribution in [3.8, 4) is 0 Å². The molecule has 116 valence electrons. The molecule has 2 N–H and O–H groups in total. The highest BCUT2D eigenvalue weighted by Gasteiger charge is 2.04. The zero-order valence-electron chi connectivity index (χ0n) is 12.3. The third-order valence-electron chi connectivity index (χ3n) is 3.05. The monoisotopic (exact) mass is 388 g/mol. The predicted octanol–water partition coefficient (Wildman–Crippen LogP) is 5.69. The maximum absolute atomic E-state index is 5.90. The quantitative estimate of drug-likeness (QED) is 0.602. The summed E-state index contributed by atoms with van der Waals surface area (Å²) in [7, 11) is 0. The van der Waals surface area contributed by atoms with E-state index in [9.17, 15) is 0 Å². The van der Waals surface area contributed by atoms with Gasteiger partial charge in [0, 0.05) is 26.9 Å². The third-order valence-corrected chi connectivity index (χ3v) is 3.80. The number of rotatable bonds is 4. The van der Waals surface area contributed by atoms with Gasteiger partial charge in [0.05, 0.1) is 0 Å². The van der Waals surface area contributed by atoms with Crippen LogP contribution in [0.1, 0.15) is 5.82 Å². The second-order valence-electron chi connectivity index (χ2n) is 4.95. The van der Waals surface area contributed by atoms with Crippen LogP contribution in [0.2, 0.25) is 5.02 Å². The van der Waals surface area contributed by atoms with Crippen LogP contribution in [-0.4, -0.2) is 9.97 Å². The lowest BCUT2D eigenvalue weighted by Gasteiger charge is -2.10. The van der Waals surface area contributed by atoms with Crippen molar-refractivity contribution in [3.05, 3.63) is 69.9 Å². The largest absolute Gasteiger partial charge is 0.340 e. The van der Waals surface area contributed by atoms with Gasteiger partial charge >= 0.3 is 0 Å². The summed E-state index contributed by atoms with van der Waals surface area (Å²) in [5, 5.41) is 7.23. The lowest BCUT2D eigenvalue weighted by molar-refractivity contribution is 1.06. The molecule has 1 aromatic heterocycles. The van der Waals surface area contributed by atoms with Crippen LogP contribution in [0.4, 0.5) is 23.0 Å². The zero-order valence-corrected chi connectivity index (χ0v) is 14.7. The molecule has 3 aromatic rings. The summed E-state index contributed by atoms with van der Waals surface area (Å²) in [6.45, 7) is 1.86. The normalized spacial score (nSPS) is 10.4. The SMILES string of the molecule is Cc1nc(Nc2ccc(Cl)cc2)cc(Nc2cccc(Br)c2)n1. The number of hydrogen-bond donors (Lipinski definition) is 2. The average molecular weight is 390 g/mol. The zero-order chi connectivity index (χ0) is 16.2. The second kappa shape index (κ2) is 6.98. The molecule has 0 bridgehead atoms. The van der Waals surface area contributed by atoms with Crippen molar-refractivity contribution >= 4 is 50.5 Å².